The standard InChI is InChI=1S/C8H10BrNO3S/c1-13-8-3-2-7(9)4-6(8)5-10-14(11)12/h2-4,14H,5H2,1H3,(H,10,11,12). The number of halogens is 1. The van der Waals surface area contributed by atoms with E-state index in [9.17, 15) is 8.42 Å². The Hall–Kier alpha value is -0.590. The van der Waals surface area contributed by atoms with E-state index >= 15 is 0 Å². The van der Waals surface area contributed by atoms with Crippen molar-refractivity contribution in [2.24, 2.45) is 0 Å². The van der Waals surface area contributed by atoms with Gasteiger partial charge in [-0.15, -0.1) is 0 Å². The van der Waals surface area contributed by atoms with Gasteiger partial charge in [0.2, 0.25) is 10.9 Å². The first-order valence-corrected chi connectivity index (χ1v) is 5.81. The van der Waals surface area contributed by atoms with E-state index in [0.717, 1.165) is 10.0 Å². The van der Waals surface area contributed by atoms with Crippen LogP contribution in [-0.2, 0) is 17.4 Å². The van der Waals surface area contributed by atoms with E-state index in [-0.39, 0.29) is 6.54 Å². The van der Waals surface area contributed by atoms with Crippen LogP contribution in [0.25, 0.3) is 0 Å². The summed E-state index contributed by atoms with van der Waals surface area (Å²) in [7, 11) is -1.03. The van der Waals surface area contributed by atoms with Crippen LogP contribution in [0, 0.1) is 0 Å². The van der Waals surface area contributed by atoms with Crippen LogP contribution in [0.4, 0.5) is 0 Å². The number of hydrogen-bond donors (Lipinski definition) is 2. The van der Waals surface area contributed by atoms with Crippen molar-refractivity contribution in [3.8, 4) is 5.75 Å². The molecule has 0 spiro atoms. The smallest absolute Gasteiger partial charge is 0.201 e. The number of thiol groups is 1. The molecule has 0 saturated heterocycles. The van der Waals surface area contributed by atoms with Crippen LogP contribution < -0.4 is 9.46 Å². The zero-order valence-corrected chi connectivity index (χ0v) is 9.97. The first-order chi connectivity index (χ1) is 6.63. The molecule has 14 heavy (non-hydrogen) atoms. The molecule has 0 radical (unpaired) electrons. The molecule has 1 N–H and O–H groups in total. The molecule has 1 aromatic rings. The third kappa shape index (κ3) is 3.28. The molecule has 0 aromatic heterocycles. The van der Waals surface area contributed by atoms with Crippen LogP contribution in [-0.4, -0.2) is 15.5 Å². The van der Waals surface area contributed by atoms with Crippen molar-refractivity contribution in [1.82, 2.24) is 4.72 Å². The number of rotatable bonds is 4. The molecule has 6 heteroatoms. The van der Waals surface area contributed by atoms with Crippen molar-refractivity contribution in [2.45, 2.75) is 6.54 Å². The van der Waals surface area contributed by atoms with Gasteiger partial charge >= 0.3 is 0 Å². The van der Waals surface area contributed by atoms with Gasteiger partial charge in [-0.25, -0.2) is 13.1 Å². The predicted molar refractivity (Wildman–Crippen MR) is 57.8 cm³/mol. The largest absolute Gasteiger partial charge is 0.496 e. The molecule has 0 unspecified atom stereocenters. The van der Waals surface area contributed by atoms with Gasteiger partial charge in [0.25, 0.3) is 0 Å². The van der Waals surface area contributed by atoms with Crippen molar-refractivity contribution < 1.29 is 13.2 Å². The highest BCUT2D eigenvalue weighted by atomic mass is 79.9. The van der Waals surface area contributed by atoms with Crippen LogP contribution in [0.1, 0.15) is 5.56 Å². The molecule has 0 bridgehead atoms. The van der Waals surface area contributed by atoms with Crippen LogP contribution >= 0.6 is 15.9 Å². The Labute approximate surface area is 92.5 Å². The molecule has 4 nitrogen and oxygen atoms in total. The third-order valence-corrected chi connectivity index (χ3v) is 2.55. The summed E-state index contributed by atoms with van der Waals surface area (Å²) in [5.74, 6) is 0.664. The molecule has 0 saturated carbocycles. The van der Waals surface area contributed by atoms with E-state index in [1.54, 1.807) is 13.2 Å². The van der Waals surface area contributed by atoms with Gasteiger partial charge in [0, 0.05) is 16.6 Å². The van der Waals surface area contributed by atoms with Gasteiger partial charge in [0.05, 0.1) is 7.11 Å². The van der Waals surface area contributed by atoms with Crippen LogP contribution in [0.15, 0.2) is 22.7 Å². The van der Waals surface area contributed by atoms with Gasteiger partial charge in [0.15, 0.2) is 0 Å². The molecular formula is C8H10BrNO3S. The summed E-state index contributed by atoms with van der Waals surface area (Å²) in [4.78, 5) is 0. The average Bonchev–Trinajstić information content (AvgIpc) is 2.15. The van der Waals surface area contributed by atoms with Crippen molar-refractivity contribution in [3.63, 3.8) is 0 Å². The van der Waals surface area contributed by atoms with Crippen LogP contribution in [0.5, 0.6) is 5.75 Å². The van der Waals surface area contributed by atoms with Gasteiger partial charge in [-0.1, -0.05) is 15.9 Å². The molecular weight excluding hydrogens is 270 g/mol. The summed E-state index contributed by atoms with van der Waals surface area (Å²) in [6.45, 7) is 0.237. The van der Waals surface area contributed by atoms with E-state index in [4.69, 9.17) is 4.74 Å². The molecule has 78 valence electrons. The minimum Gasteiger partial charge on any atom is -0.496 e. The van der Waals surface area contributed by atoms with Gasteiger partial charge in [-0.2, -0.15) is 0 Å². The van der Waals surface area contributed by atoms with E-state index in [2.05, 4.69) is 20.7 Å². The summed E-state index contributed by atoms with van der Waals surface area (Å²) in [6, 6.07) is 5.42. The zero-order valence-electron chi connectivity index (χ0n) is 7.49. The van der Waals surface area contributed by atoms with E-state index < -0.39 is 10.9 Å². The van der Waals surface area contributed by atoms with Gasteiger partial charge in [-0.3, -0.25) is 0 Å². The van der Waals surface area contributed by atoms with E-state index in [0.29, 0.717) is 5.75 Å². The molecule has 0 atom stereocenters. The number of methoxy groups -OCH3 is 1. The summed E-state index contributed by atoms with van der Waals surface area (Å²) >= 11 is 3.30. The topological polar surface area (TPSA) is 55.4 Å². The first kappa shape index (κ1) is 11.5. The van der Waals surface area contributed by atoms with Crippen LogP contribution in [0.3, 0.4) is 0 Å². The molecule has 0 aliphatic heterocycles. The minimum absolute atomic E-state index is 0.237. The second-order valence-corrected chi connectivity index (χ2v) is 4.29. The van der Waals surface area contributed by atoms with E-state index in [1.807, 2.05) is 12.1 Å². The SMILES string of the molecule is COc1ccc(Br)cc1CN[SH](=O)=O. The fraction of sp³-hybridized carbons (Fsp3) is 0.250. The second-order valence-electron chi connectivity index (χ2n) is 2.55. The van der Waals surface area contributed by atoms with E-state index in [1.165, 1.54) is 0 Å². The predicted octanol–water partition coefficient (Wildman–Crippen LogP) is 1.07. The number of ether oxygens (including phenoxy) is 1. The molecule has 0 heterocycles. The fourth-order valence-corrected chi connectivity index (χ4v) is 1.74. The van der Waals surface area contributed by atoms with Gasteiger partial charge in [0.1, 0.15) is 5.75 Å². The Bertz CT molecular complexity index is 384. The lowest BCUT2D eigenvalue weighted by atomic mass is 10.2. The van der Waals surface area contributed by atoms with Gasteiger partial charge in [-0.05, 0) is 18.2 Å². The lowest BCUT2D eigenvalue weighted by Gasteiger charge is -2.07. The molecule has 0 fully saturated rings. The van der Waals surface area contributed by atoms with Gasteiger partial charge < -0.3 is 4.74 Å². The average molecular weight is 280 g/mol. The molecule has 0 amide bonds. The monoisotopic (exact) mass is 279 g/mol. The number of hydrogen-bond acceptors (Lipinski definition) is 3. The van der Waals surface area contributed by atoms with Crippen molar-refractivity contribution in [1.29, 1.82) is 0 Å². The summed E-state index contributed by atoms with van der Waals surface area (Å²) in [5.41, 5.74) is 0.793. The Balaban J connectivity index is 2.87. The second kappa shape index (κ2) is 5.33. The highest BCUT2D eigenvalue weighted by Gasteiger charge is 2.03. The Morgan fingerprint density at radius 3 is 2.79 bits per heavy atom. The van der Waals surface area contributed by atoms with Crippen molar-refractivity contribution in [2.75, 3.05) is 7.11 Å². The molecule has 0 aliphatic carbocycles. The Morgan fingerprint density at radius 1 is 1.50 bits per heavy atom. The fourth-order valence-electron chi connectivity index (χ4n) is 1.04. The maximum Gasteiger partial charge on any atom is 0.201 e. The minimum atomic E-state index is -2.57. The number of nitrogens with one attached hydrogen (secondary N) is 1. The maximum atomic E-state index is 10.3. The summed E-state index contributed by atoms with van der Waals surface area (Å²) in [6.07, 6.45) is 0. The highest BCUT2D eigenvalue weighted by molar-refractivity contribution is 9.10. The molecule has 0 aliphatic rings. The number of benzene rings is 1. The summed E-state index contributed by atoms with van der Waals surface area (Å²) < 4.78 is 28.9. The molecule has 1 aromatic carbocycles. The zero-order chi connectivity index (χ0) is 10.6. The summed E-state index contributed by atoms with van der Waals surface area (Å²) in [5, 5.41) is 0. The first-order valence-electron chi connectivity index (χ1n) is 3.84. The third-order valence-electron chi connectivity index (χ3n) is 1.64. The lowest BCUT2D eigenvalue weighted by Crippen LogP contribution is -2.11. The maximum absolute atomic E-state index is 10.3. The Morgan fingerprint density at radius 2 is 2.21 bits per heavy atom. The Kier molecular flexibility index (Phi) is 4.37. The highest BCUT2D eigenvalue weighted by Crippen LogP contribution is 2.22. The molecule has 1 rings (SSSR count). The normalized spacial score (nSPS) is 10.5. The van der Waals surface area contributed by atoms with Crippen molar-refractivity contribution >= 4 is 26.8 Å². The van der Waals surface area contributed by atoms with Crippen molar-refractivity contribution in [3.05, 3.63) is 28.2 Å². The quantitative estimate of drug-likeness (QED) is 0.811. The lowest BCUT2D eigenvalue weighted by molar-refractivity contribution is 0.409. The van der Waals surface area contributed by atoms with Crippen LogP contribution in [0.2, 0.25) is 0 Å².